The van der Waals surface area contributed by atoms with Crippen LogP contribution in [0.2, 0.25) is 0 Å². The molecule has 2 aliphatic rings. The third-order valence-electron chi connectivity index (χ3n) is 8.52. The van der Waals surface area contributed by atoms with E-state index in [4.69, 9.17) is 26.8 Å². The van der Waals surface area contributed by atoms with Crippen LogP contribution in [-0.2, 0) is 19.9 Å². The number of amides is 1. The molecule has 0 bridgehead atoms. The second-order valence-electron chi connectivity index (χ2n) is 12.4. The van der Waals surface area contributed by atoms with Crippen molar-refractivity contribution in [2.45, 2.75) is 84.3 Å². The van der Waals surface area contributed by atoms with Crippen LogP contribution < -0.4 is 27.6 Å². The second kappa shape index (κ2) is 29.0. The van der Waals surface area contributed by atoms with Crippen molar-refractivity contribution in [3.05, 3.63) is 81.2 Å². The van der Waals surface area contributed by atoms with Crippen molar-refractivity contribution in [3.63, 3.8) is 0 Å². The average Bonchev–Trinajstić information content (AvgIpc) is 3.92. The van der Waals surface area contributed by atoms with Crippen LogP contribution in [0.5, 0.6) is 0 Å². The lowest BCUT2D eigenvalue weighted by molar-refractivity contribution is -0.120. The Morgan fingerprint density at radius 2 is 1.58 bits per heavy atom. The highest BCUT2D eigenvalue weighted by molar-refractivity contribution is 7.12. The minimum Gasteiger partial charge on any atom is -0.397 e. The zero-order valence-electron chi connectivity index (χ0n) is 32.8. The summed E-state index contributed by atoms with van der Waals surface area (Å²) >= 11 is 2.76. The van der Waals surface area contributed by atoms with Gasteiger partial charge in [-0.2, -0.15) is 0 Å². The summed E-state index contributed by atoms with van der Waals surface area (Å²) in [5.74, 6) is 6.13. The number of methoxy groups -OCH3 is 1. The van der Waals surface area contributed by atoms with Gasteiger partial charge in [-0.3, -0.25) is 14.4 Å². The molecule has 11 nitrogen and oxygen atoms in total. The van der Waals surface area contributed by atoms with Gasteiger partial charge in [0.2, 0.25) is 6.41 Å². The number of aldehydes is 2. The number of likely N-dealkylation sites (tertiary alicyclic amines) is 1. The normalized spacial score (nSPS) is 14.2. The molecule has 3 aromatic rings. The van der Waals surface area contributed by atoms with E-state index >= 15 is 0 Å². The molecule has 1 amide bonds. The molecule has 1 aliphatic heterocycles. The number of allylic oxidation sites excluding steroid dienone is 1. The van der Waals surface area contributed by atoms with Gasteiger partial charge in [-0.05, 0) is 118 Å². The monoisotopic (exact) mass is 774 g/mol. The van der Waals surface area contributed by atoms with Crippen LogP contribution in [0.25, 0.3) is 0 Å². The summed E-state index contributed by atoms with van der Waals surface area (Å²) in [6.45, 7) is 16.3. The molecule has 298 valence electrons. The Labute approximate surface area is 326 Å². The number of nitrogen functional groups attached to an aromatic ring is 1. The molecule has 2 fully saturated rings. The number of hydrogen-bond acceptors (Lipinski definition) is 12. The molecule has 2 aromatic heterocycles. The number of nitrogens with one attached hydrogen (secondary N) is 1. The van der Waals surface area contributed by atoms with Crippen LogP contribution >= 0.6 is 22.7 Å². The largest absolute Gasteiger partial charge is 0.397 e. The molecule has 13 heteroatoms. The Morgan fingerprint density at radius 3 is 1.98 bits per heavy atom. The van der Waals surface area contributed by atoms with Crippen LogP contribution in [-0.4, -0.2) is 82.0 Å². The maximum Gasteiger partial charge on any atom is 0.206 e. The van der Waals surface area contributed by atoms with E-state index < -0.39 is 5.60 Å². The fraction of sp³-hybridized carbons (Fsp3) is 0.525. The smallest absolute Gasteiger partial charge is 0.206 e. The van der Waals surface area contributed by atoms with E-state index in [0.29, 0.717) is 45.2 Å². The lowest BCUT2D eigenvalue weighted by Gasteiger charge is -2.51. The van der Waals surface area contributed by atoms with Gasteiger partial charge in [-0.1, -0.05) is 45.4 Å². The minimum absolute atomic E-state index is 0.513. The molecule has 0 atom stereocenters. The van der Waals surface area contributed by atoms with E-state index in [9.17, 15) is 14.7 Å². The Kier molecular flexibility index (Phi) is 27.1. The van der Waals surface area contributed by atoms with Gasteiger partial charge in [-0.15, -0.1) is 29.3 Å². The van der Waals surface area contributed by atoms with Crippen molar-refractivity contribution < 1.29 is 24.2 Å². The van der Waals surface area contributed by atoms with Crippen LogP contribution in [0.4, 0.5) is 11.4 Å². The van der Waals surface area contributed by atoms with Crippen molar-refractivity contribution in [1.29, 1.82) is 0 Å². The van der Waals surface area contributed by atoms with E-state index in [-0.39, 0.29) is 0 Å². The predicted molar refractivity (Wildman–Crippen MR) is 225 cm³/mol. The summed E-state index contributed by atoms with van der Waals surface area (Å²) in [5, 5.41) is 17.8. The molecular weight excluding hydrogens is 709 g/mol. The van der Waals surface area contributed by atoms with Gasteiger partial charge in [0.25, 0.3) is 0 Å². The summed E-state index contributed by atoms with van der Waals surface area (Å²) in [4.78, 5) is 34.8. The van der Waals surface area contributed by atoms with Crippen molar-refractivity contribution in [2.75, 3.05) is 57.6 Å². The number of nitrogens with two attached hydrogens (primary N) is 3. The quantitative estimate of drug-likeness (QED) is 0.0317. The molecule has 1 spiro atoms. The maximum atomic E-state index is 11.0. The highest BCUT2D eigenvalue weighted by Crippen LogP contribution is 2.50. The third-order valence-corrected chi connectivity index (χ3v) is 10.5. The van der Waals surface area contributed by atoms with Gasteiger partial charge in [0.1, 0.15) is 6.29 Å². The van der Waals surface area contributed by atoms with Crippen LogP contribution in [0.15, 0.2) is 65.9 Å². The topological polar surface area (TPSA) is 177 Å². The fourth-order valence-electron chi connectivity index (χ4n) is 5.78. The fourth-order valence-corrected chi connectivity index (χ4v) is 7.44. The molecular formula is C40H66N6O5S2. The van der Waals surface area contributed by atoms with Gasteiger partial charge < -0.3 is 36.5 Å². The summed E-state index contributed by atoms with van der Waals surface area (Å²) in [6, 6.07) is 12.4. The Hall–Kier alpha value is -3.43. The number of piperidine rings is 1. The Bertz CT molecular complexity index is 1320. The van der Waals surface area contributed by atoms with E-state index in [1.165, 1.54) is 74.4 Å². The molecule has 0 unspecified atom stereocenters. The molecule has 5 rings (SSSR count). The average molecular weight is 775 g/mol. The van der Waals surface area contributed by atoms with Gasteiger partial charge in [0.05, 0.1) is 17.5 Å². The molecule has 1 saturated carbocycles. The number of carbonyl (C=O) groups is 3. The zero-order valence-corrected chi connectivity index (χ0v) is 34.4. The number of ether oxygens (including phenoxy) is 1. The molecule has 1 aliphatic carbocycles. The van der Waals surface area contributed by atoms with E-state index in [2.05, 4.69) is 16.8 Å². The Balaban J connectivity index is 0.000000864. The molecule has 3 heterocycles. The molecule has 1 saturated heterocycles. The lowest BCUT2D eigenvalue weighted by Crippen LogP contribution is -2.49. The lowest BCUT2D eigenvalue weighted by atomic mass is 9.61. The number of thiophene rings is 2. The number of unbranched alkanes of at least 4 members (excludes halogenated alkanes) is 2. The number of hydrazine groups is 1. The summed E-state index contributed by atoms with van der Waals surface area (Å²) < 4.78 is 5.45. The number of anilines is 2. The molecule has 1 aromatic carbocycles. The van der Waals surface area contributed by atoms with E-state index in [0.717, 1.165) is 37.9 Å². The van der Waals surface area contributed by atoms with Gasteiger partial charge in [-0.25, -0.2) is 5.84 Å². The first-order valence-electron chi connectivity index (χ1n) is 18.3. The van der Waals surface area contributed by atoms with Crippen molar-refractivity contribution in [2.24, 2.45) is 17.0 Å². The van der Waals surface area contributed by atoms with Crippen LogP contribution in [0.1, 0.15) is 92.8 Å². The van der Waals surface area contributed by atoms with Crippen molar-refractivity contribution in [3.8, 4) is 0 Å². The van der Waals surface area contributed by atoms with Gasteiger partial charge in [0.15, 0.2) is 11.9 Å². The van der Waals surface area contributed by atoms with Crippen LogP contribution in [0.3, 0.4) is 0 Å². The first kappa shape index (κ1) is 49.6. The third kappa shape index (κ3) is 17.5. The zero-order chi connectivity index (χ0) is 40.1. The number of carbonyl (C=O) groups excluding carboxylic acids is 3. The number of benzene rings is 1. The van der Waals surface area contributed by atoms with Crippen molar-refractivity contribution >= 4 is 53.0 Å². The highest BCUT2D eigenvalue weighted by Gasteiger charge is 2.45. The maximum absolute atomic E-state index is 11.0. The molecule has 53 heavy (non-hydrogen) atoms. The van der Waals surface area contributed by atoms with Crippen LogP contribution in [0, 0.1) is 5.41 Å². The first-order chi connectivity index (χ1) is 25.6. The van der Waals surface area contributed by atoms with E-state index in [1.54, 1.807) is 42.4 Å². The first-order valence-corrected chi connectivity index (χ1v) is 20.1. The number of aliphatic hydroxyl groups is 1. The predicted octanol–water partition coefficient (Wildman–Crippen LogP) is 6.61. The number of rotatable bonds is 13. The minimum atomic E-state index is -1.46. The van der Waals surface area contributed by atoms with Gasteiger partial charge >= 0.3 is 0 Å². The molecule has 0 radical (unpaired) electrons. The van der Waals surface area contributed by atoms with Crippen molar-refractivity contribution in [1.82, 2.24) is 10.2 Å². The SMILES string of the molecule is C=CC.CC.CCN.CNC=O.COC1CC2(CCN(CCCCCN(N)c3ccc(C=O)cc3N)CC2)C1.O=CC(O)(c1cccs1)c1cccs1. The second-order valence-corrected chi connectivity index (χ2v) is 14.3. The standard InChI is InChI=1S/C21H34N4O2.C10H8O2S2.C3H6.C2H5NO.C2H7N.C2H6/c1-27-18-14-21(15-18)7-11-24(12-8-21)9-3-2-4-10-25(23)20-6-5-17(16-26)13-19(20)22;11-7-10(12,8-3-1-5-13-8)9-4-2-6-14-9;1-3-2;1-3-2-4;1-2-3;1-2/h5-6,13,16,18H,2-4,7-12,14-15,22-23H2,1H3;1-7,12H;3H,1H2,2H3;2H,1H3,(H,3,4);2-3H2,1H3;1-2H3. The number of nitrogens with zero attached hydrogens (tertiary/aromatic N) is 2. The van der Waals surface area contributed by atoms with E-state index in [1.807, 2.05) is 63.8 Å². The summed E-state index contributed by atoms with van der Waals surface area (Å²) in [7, 11) is 3.40. The summed E-state index contributed by atoms with van der Waals surface area (Å²) in [5.41, 5.74) is 11.9. The van der Waals surface area contributed by atoms with Gasteiger partial charge in [0, 0.05) is 36.0 Å². The summed E-state index contributed by atoms with van der Waals surface area (Å²) in [6.07, 6.45) is 12.9. The Morgan fingerprint density at radius 1 is 1.06 bits per heavy atom. The highest BCUT2D eigenvalue weighted by atomic mass is 32.1. The molecule has 8 N–H and O–H groups in total. The number of hydrogen-bond donors (Lipinski definition) is 5.